The van der Waals surface area contributed by atoms with Gasteiger partial charge in [-0.25, -0.2) is 0 Å². The molecule has 0 aromatic carbocycles. The monoisotopic (exact) mass is 267 g/mol. The molecular weight excluding hydrogens is 246 g/mol. The van der Waals surface area contributed by atoms with Crippen LogP contribution in [-0.4, -0.2) is 36.2 Å². The summed E-state index contributed by atoms with van der Waals surface area (Å²) in [6.07, 6.45) is 5.81. The Bertz CT molecular complexity index is 380. The molecule has 1 heterocycles. The van der Waals surface area contributed by atoms with E-state index >= 15 is 0 Å². The lowest BCUT2D eigenvalue weighted by Crippen LogP contribution is -2.41. The number of carboxylic acid groups (broad SMARTS) is 1. The van der Waals surface area contributed by atoms with E-state index < -0.39 is 17.8 Å². The highest BCUT2D eigenvalue weighted by atomic mass is 16.5. The highest BCUT2D eigenvalue weighted by Crippen LogP contribution is 2.26. The van der Waals surface area contributed by atoms with Gasteiger partial charge in [-0.3, -0.25) is 9.59 Å². The number of carbonyl (C=O) groups is 2. The molecule has 0 bridgehead atoms. The Kier molecular flexibility index (Phi) is 4.58. The van der Waals surface area contributed by atoms with Gasteiger partial charge in [-0.15, -0.1) is 0 Å². The van der Waals surface area contributed by atoms with Gasteiger partial charge in [-0.1, -0.05) is 12.2 Å². The molecule has 2 N–H and O–H groups in total. The lowest BCUT2D eigenvalue weighted by molar-refractivity contribution is -0.147. The Balaban J connectivity index is 1.87. The van der Waals surface area contributed by atoms with E-state index in [2.05, 4.69) is 5.32 Å². The van der Waals surface area contributed by atoms with E-state index in [1.807, 2.05) is 19.1 Å². The van der Waals surface area contributed by atoms with Crippen LogP contribution in [0.4, 0.5) is 0 Å². The Hall–Kier alpha value is -1.36. The zero-order valence-electron chi connectivity index (χ0n) is 11.2. The van der Waals surface area contributed by atoms with Crippen LogP contribution in [0.5, 0.6) is 0 Å². The minimum atomic E-state index is -0.887. The molecule has 4 atom stereocenters. The van der Waals surface area contributed by atoms with E-state index in [0.717, 1.165) is 13.0 Å². The van der Waals surface area contributed by atoms with Gasteiger partial charge >= 0.3 is 5.97 Å². The quantitative estimate of drug-likeness (QED) is 0.750. The lowest BCUT2D eigenvalue weighted by Gasteiger charge is -2.25. The Morgan fingerprint density at radius 1 is 1.32 bits per heavy atom. The number of allylic oxidation sites excluding steroid dienone is 2. The van der Waals surface area contributed by atoms with Crippen LogP contribution in [-0.2, 0) is 14.3 Å². The van der Waals surface area contributed by atoms with Crippen LogP contribution >= 0.6 is 0 Å². The predicted molar refractivity (Wildman–Crippen MR) is 69.5 cm³/mol. The van der Waals surface area contributed by atoms with Gasteiger partial charge in [0.1, 0.15) is 0 Å². The van der Waals surface area contributed by atoms with Crippen molar-refractivity contribution in [2.45, 2.75) is 32.3 Å². The van der Waals surface area contributed by atoms with Gasteiger partial charge in [0.15, 0.2) is 0 Å². The Morgan fingerprint density at radius 3 is 2.58 bits per heavy atom. The molecule has 5 nitrogen and oxygen atoms in total. The average Bonchev–Trinajstić information content (AvgIpc) is 2.81. The topological polar surface area (TPSA) is 75.6 Å². The fourth-order valence-electron chi connectivity index (χ4n) is 2.78. The third kappa shape index (κ3) is 3.35. The van der Waals surface area contributed by atoms with Crippen LogP contribution in [0.2, 0.25) is 0 Å². The van der Waals surface area contributed by atoms with Crippen molar-refractivity contribution in [2.75, 3.05) is 13.2 Å². The number of carbonyl (C=O) groups excluding carboxylic acids is 1. The van der Waals surface area contributed by atoms with Crippen LogP contribution in [0, 0.1) is 17.8 Å². The van der Waals surface area contributed by atoms with Crippen molar-refractivity contribution < 1.29 is 19.4 Å². The lowest BCUT2D eigenvalue weighted by atomic mass is 9.82. The molecule has 1 amide bonds. The van der Waals surface area contributed by atoms with Crippen LogP contribution in [0.3, 0.4) is 0 Å². The molecule has 1 fully saturated rings. The number of hydrogen-bond donors (Lipinski definition) is 2. The van der Waals surface area contributed by atoms with E-state index in [0.29, 0.717) is 25.3 Å². The van der Waals surface area contributed by atoms with E-state index in [9.17, 15) is 9.59 Å². The van der Waals surface area contributed by atoms with Crippen molar-refractivity contribution in [3.05, 3.63) is 12.2 Å². The maximum absolute atomic E-state index is 12.1. The third-order valence-corrected chi connectivity index (χ3v) is 4.16. The molecular formula is C14H21NO4. The molecule has 0 aromatic rings. The van der Waals surface area contributed by atoms with Crippen molar-refractivity contribution in [3.8, 4) is 0 Å². The molecule has 1 aliphatic carbocycles. The van der Waals surface area contributed by atoms with Crippen LogP contribution in [0.1, 0.15) is 26.2 Å². The molecule has 2 aliphatic rings. The molecule has 0 aromatic heterocycles. The van der Waals surface area contributed by atoms with Crippen molar-refractivity contribution in [1.29, 1.82) is 0 Å². The molecule has 19 heavy (non-hydrogen) atoms. The number of nitrogens with one attached hydrogen (secondary N) is 1. The molecule has 1 saturated heterocycles. The van der Waals surface area contributed by atoms with Gasteiger partial charge < -0.3 is 15.2 Å². The zero-order chi connectivity index (χ0) is 13.8. The summed E-state index contributed by atoms with van der Waals surface area (Å²) in [7, 11) is 0. The molecule has 2 rings (SSSR count). The number of ether oxygens (including phenoxy) is 1. The number of rotatable bonds is 4. The second kappa shape index (κ2) is 6.19. The maximum Gasteiger partial charge on any atom is 0.307 e. The van der Waals surface area contributed by atoms with Gasteiger partial charge in [-0.2, -0.15) is 0 Å². The predicted octanol–water partition coefficient (Wildman–Crippen LogP) is 1.19. The van der Waals surface area contributed by atoms with Crippen molar-refractivity contribution in [1.82, 2.24) is 5.32 Å². The number of hydrogen-bond acceptors (Lipinski definition) is 3. The first kappa shape index (κ1) is 14.1. The highest BCUT2D eigenvalue weighted by Gasteiger charge is 2.34. The summed E-state index contributed by atoms with van der Waals surface area (Å²) in [6.45, 7) is 3.32. The molecule has 0 saturated carbocycles. The second-order valence-electron chi connectivity index (χ2n) is 5.36. The first-order chi connectivity index (χ1) is 9.09. The fourth-order valence-corrected chi connectivity index (χ4v) is 2.78. The molecule has 0 radical (unpaired) electrons. The molecule has 106 valence electrons. The van der Waals surface area contributed by atoms with Gasteiger partial charge in [0.2, 0.25) is 5.91 Å². The van der Waals surface area contributed by atoms with Crippen molar-refractivity contribution >= 4 is 11.9 Å². The SMILES string of the molecule is CC1OCCC1CNC(=O)C1CC=CCC1C(=O)O. The van der Waals surface area contributed by atoms with Gasteiger partial charge in [0, 0.05) is 19.1 Å². The average molecular weight is 267 g/mol. The smallest absolute Gasteiger partial charge is 0.307 e. The van der Waals surface area contributed by atoms with Crippen LogP contribution in [0.25, 0.3) is 0 Å². The summed E-state index contributed by atoms with van der Waals surface area (Å²) < 4.78 is 5.45. The molecule has 1 aliphatic heterocycles. The summed E-state index contributed by atoms with van der Waals surface area (Å²) in [5.74, 6) is -1.73. The zero-order valence-corrected chi connectivity index (χ0v) is 11.2. The second-order valence-corrected chi connectivity index (χ2v) is 5.36. The van der Waals surface area contributed by atoms with E-state index in [-0.39, 0.29) is 12.0 Å². The summed E-state index contributed by atoms with van der Waals surface area (Å²) in [4.78, 5) is 23.3. The molecule has 5 heteroatoms. The Morgan fingerprint density at radius 2 is 2.00 bits per heavy atom. The minimum Gasteiger partial charge on any atom is -0.481 e. The summed E-state index contributed by atoms with van der Waals surface area (Å²) in [5, 5.41) is 12.0. The third-order valence-electron chi connectivity index (χ3n) is 4.16. The first-order valence-electron chi connectivity index (χ1n) is 6.86. The summed E-state index contributed by atoms with van der Waals surface area (Å²) >= 11 is 0. The minimum absolute atomic E-state index is 0.143. The molecule has 4 unspecified atom stereocenters. The van der Waals surface area contributed by atoms with Crippen LogP contribution < -0.4 is 5.32 Å². The van der Waals surface area contributed by atoms with E-state index in [1.165, 1.54) is 0 Å². The standard InChI is InChI=1S/C14H21NO4/c1-9-10(6-7-19-9)8-15-13(16)11-4-2-3-5-12(11)14(17)18/h2-3,9-12H,4-8H2,1H3,(H,15,16)(H,17,18). The van der Waals surface area contributed by atoms with Gasteiger partial charge in [0.05, 0.1) is 17.9 Å². The van der Waals surface area contributed by atoms with Crippen molar-refractivity contribution in [2.24, 2.45) is 17.8 Å². The largest absolute Gasteiger partial charge is 0.481 e. The number of carboxylic acids is 1. The van der Waals surface area contributed by atoms with Crippen molar-refractivity contribution in [3.63, 3.8) is 0 Å². The maximum atomic E-state index is 12.1. The highest BCUT2D eigenvalue weighted by molar-refractivity contribution is 5.85. The van der Waals surface area contributed by atoms with Gasteiger partial charge in [-0.05, 0) is 26.2 Å². The summed E-state index contributed by atoms with van der Waals surface area (Å²) in [5.41, 5.74) is 0. The normalized spacial score (nSPS) is 34.2. The first-order valence-corrected chi connectivity index (χ1v) is 6.86. The van der Waals surface area contributed by atoms with E-state index in [4.69, 9.17) is 9.84 Å². The number of amides is 1. The Labute approximate surface area is 113 Å². The fraction of sp³-hybridized carbons (Fsp3) is 0.714. The van der Waals surface area contributed by atoms with Gasteiger partial charge in [0.25, 0.3) is 0 Å². The summed E-state index contributed by atoms with van der Waals surface area (Å²) in [6, 6.07) is 0. The molecule has 0 spiro atoms. The van der Waals surface area contributed by atoms with Crippen LogP contribution in [0.15, 0.2) is 12.2 Å². The number of aliphatic carboxylic acids is 1. The van der Waals surface area contributed by atoms with E-state index in [1.54, 1.807) is 0 Å².